The number of likely N-dealkylation sites (tertiary alicyclic amines) is 1. The molecular formula is C29H33F3N6O3. The minimum atomic E-state index is -4.36. The van der Waals surface area contributed by atoms with E-state index in [1.165, 1.54) is 6.20 Å². The van der Waals surface area contributed by atoms with Crippen molar-refractivity contribution in [3.05, 3.63) is 60.1 Å². The zero-order chi connectivity index (χ0) is 29.6. The number of piperidine rings is 1. The third-order valence-electron chi connectivity index (χ3n) is 7.07. The minimum Gasteiger partial charge on any atom is -0.404 e. The number of fused-ring (bicyclic) bond motifs is 1. The molecular weight excluding hydrogens is 537 g/mol. The Bertz CT molecular complexity index is 1440. The lowest BCUT2D eigenvalue weighted by Gasteiger charge is -2.32. The van der Waals surface area contributed by atoms with Crippen molar-refractivity contribution in [3.8, 4) is 11.3 Å². The average Bonchev–Trinajstić information content (AvgIpc) is 3.39. The van der Waals surface area contributed by atoms with Gasteiger partial charge in [-0.2, -0.15) is 18.3 Å². The van der Waals surface area contributed by atoms with Crippen molar-refractivity contribution in [2.45, 2.75) is 57.3 Å². The molecule has 1 atom stereocenters. The van der Waals surface area contributed by atoms with E-state index in [0.717, 1.165) is 18.4 Å². The van der Waals surface area contributed by atoms with Gasteiger partial charge in [0, 0.05) is 62.2 Å². The average molecular weight is 571 g/mol. The fraction of sp³-hybridized carbons (Fsp3) is 0.414. The van der Waals surface area contributed by atoms with Crippen molar-refractivity contribution < 1.29 is 27.5 Å². The van der Waals surface area contributed by atoms with Crippen LogP contribution < -0.4 is 5.73 Å². The first-order valence-corrected chi connectivity index (χ1v) is 13.4. The van der Waals surface area contributed by atoms with Crippen LogP contribution in [0.2, 0.25) is 0 Å². The first kappa shape index (κ1) is 29.9. The highest BCUT2D eigenvalue weighted by molar-refractivity contribution is 6.10. The van der Waals surface area contributed by atoms with Crippen molar-refractivity contribution in [3.63, 3.8) is 0 Å². The van der Waals surface area contributed by atoms with Crippen LogP contribution in [0.4, 0.5) is 13.2 Å². The fourth-order valence-corrected chi connectivity index (χ4v) is 4.71. The van der Waals surface area contributed by atoms with Crippen LogP contribution in [0.15, 0.2) is 53.9 Å². The van der Waals surface area contributed by atoms with E-state index in [2.05, 4.69) is 15.1 Å². The standard InChI is InChI=1S/C29H33F3N6O3/c1-19(28(40)37-10-7-25(41-2)8-11-37)34-16-23(15-33)22-14-27-35-18-26(38(27)36-17-22)21-5-3-4-20(12-21)13-24(39)6-9-29(30,31)32/h3-5,12,14-19,25H,6-11,13,33H2,1-2H3. The molecule has 2 N–H and O–H groups in total. The van der Waals surface area contributed by atoms with Crippen molar-refractivity contribution in [2.75, 3.05) is 20.2 Å². The maximum Gasteiger partial charge on any atom is 0.389 e. The van der Waals surface area contributed by atoms with E-state index >= 15 is 0 Å². The number of benzene rings is 1. The van der Waals surface area contributed by atoms with Crippen LogP contribution in [-0.2, 0) is 20.7 Å². The van der Waals surface area contributed by atoms with E-state index in [1.807, 2.05) is 6.07 Å². The van der Waals surface area contributed by atoms with E-state index in [4.69, 9.17) is 10.5 Å². The monoisotopic (exact) mass is 570 g/mol. The van der Waals surface area contributed by atoms with Gasteiger partial charge in [0.25, 0.3) is 0 Å². The quantitative estimate of drug-likeness (QED) is 0.365. The number of aliphatic imine (C=N–C) groups is 1. The molecule has 0 bridgehead atoms. The number of halogens is 3. The molecule has 0 radical (unpaired) electrons. The maximum absolute atomic E-state index is 12.8. The number of aromatic nitrogens is 3. The minimum absolute atomic E-state index is 0.0528. The van der Waals surface area contributed by atoms with Crippen molar-refractivity contribution in [1.29, 1.82) is 0 Å². The molecule has 218 valence electrons. The molecule has 41 heavy (non-hydrogen) atoms. The van der Waals surface area contributed by atoms with Crippen LogP contribution >= 0.6 is 0 Å². The molecule has 3 aromatic rings. The summed E-state index contributed by atoms with van der Waals surface area (Å²) in [4.78, 5) is 35.6. The van der Waals surface area contributed by atoms with Crippen LogP contribution in [0.3, 0.4) is 0 Å². The van der Waals surface area contributed by atoms with Crippen LogP contribution in [0.1, 0.15) is 43.7 Å². The number of nitrogens with zero attached hydrogens (tertiary/aromatic N) is 5. The first-order valence-electron chi connectivity index (χ1n) is 13.4. The maximum atomic E-state index is 12.8. The van der Waals surface area contributed by atoms with Crippen molar-refractivity contribution >= 4 is 29.1 Å². The van der Waals surface area contributed by atoms with Crippen molar-refractivity contribution in [1.82, 2.24) is 19.5 Å². The number of carbonyl (C=O) groups excluding carboxylic acids is 2. The highest BCUT2D eigenvalue weighted by Gasteiger charge is 2.28. The van der Waals surface area contributed by atoms with Gasteiger partial charge >= 0.3 is 6.18 Å². The number of amides is 1. The number of nitrogens with two attached hydrogens (primary N) is 1. The molecule has 9 nitrogen and oxygen atoms in total. The van der Waals surface area contributed by atoms with E-state index in [1.54, 1.807) is 66.3 Å². The summed E-state index contributed by atoms with van der Waals surface area (Å²) in [6.45, 7) is 3.02. The van der Waals surface area contributed by atoms with Gasteiger partial charge in [0.05, 0.1) is 30.6 Å². The number of Topliss-reactive ketones (excluding diaryl/α,β-unsaturated/α-hetero) is 1. The van der Waals surface area contributed by atoms with E-state index in [0.29, 0.717) is 41.1 Å². The number of alkyl halides is 3. The van der Waals surface area contributed by atoms with Gasteiger partial charge in [0.1, 0.15) is 11.8 Å². The largest absolute Gasteiger partial charge is 0.404 e. The van der Waals surface area contributed by atoms with Gasteiger partial charge in [-0.15, -0.1) is 0 Å². The van der Waals surface area contributed by atoms with Crippen molar-refractivity contribution in [2.24, 2.45) is 10.7 Å². The highest BCUT2D eigenvalue weighted by Crippen LogP contribution is 2.25. The van der Waals surface area contributed by atoms with Gasteiger partial charge in [0.15, 0.2) is 5.65 Å². The number of ether oxygens (including phenoxy) is 1. The van der Waals surface area contributed by atoms with Crippen LogP contribution in [0.5, 0.6) is 0 Å². The number of methoxy groups -OCH3 is 1. The summed E-state index contributed by atoms with van der Waals surface area (Å²) in [5.74, 6) is -0.530. The molecule has 1 saturated heterocycles. The van der Waals surface area contributed by atoms with Gasteiger partial charge in [-0.25, -0.2) is 9.50 Å². The Morgan fingerprint density at radius 2 is 1.98 bits per heavy atom. The number of rotatable bonds is 10. The number of ketones is 1. The zero-order valence-electron chi connectivity index (χ0n) is 23.0. The summed E-state index contributed by atoms with van der Waals surface area (Å²) < 4.78 is 44.3. The molecule has 1 aromatic carbocycles. The molecule has 0 spiro atoms. The predicted molar refractivity (Wildman–Crippen MR) is 149 cm³/mol. The topological polar surface area (TPSA) is 115 Å². The first-order chi connectivity index (χ1) is 19.6. The predicted octanol–water partition coefficient (Wildman–Crippen LogP) is 4.25. The smallest absolute Gasteiger partial charge is 0.389 e. The molecule has 1 amide bonds. The van der Waals surface area contributed by atoms with Gasteiger partial charge < -0.3 is 15.4 Å². The molecule has 1 aliphatic rings. The summed E-state index contributed by atoms with van der Waals surface area (Å²) >= 11 is 0. The second-order valence-electron chi connectivity index (χ2n) is 10.0. The Balaban J connectivity index is 1.45. The zero-order valence-corrected chi connectivity index (χ0v) is 23.0. The lowest BCUT2D eigenvalue weighted by Crippen LogP contribution is -2.44. The number of allylic oxidation sites excluding steroid dienone is 1. The molecule has 1 unspecified atom stereocenters. The van der Waals surface area contributed by atoms with Gasteiger partial charge in [0.2, 0.25) is 5.91 Å². The Morgan fingerprint density at radius 1 is 1.22 bits per heavy atom. The Hall–Kier alpha value is -4.06. The molecule has 4 rings (SSSR count). The molecule has 0 aliphatic carbocycles. The highest BCUT2D eigenvalue weighted by atomic mass is 19.4. The molecule has 0 saturated carbocycles. The van der Waals surface area contributed by atoms with Gasteiger partial charge in [-0.3, -0.25) is 14.6 Å². The second-order valence-corrected chi connectivity index (χ2v) is 10.0. The molecule has 1 aliphatic heterocycles. The lowest BCUT2D eigenvalue weighted by molar-refractivity contribution is -0.143. The summed E-state index contributed by atoms with van der Waals surface area (Å²) in [5, 5.41) is 4.50. The van der Waals surface area contributed by atoms with Gasteiger partial charge in [-0.1, -0.05) is 18.2 Å². The molecule has 2 aromatic heterocycles. The SMILES string of the molecule is COC1CCN(C(=O)C(C)N=CC(=CN)c2cnn3c(-c4cccc(CC(=O)CCC(F)(F)F)c4)cnc3c2)CC1. The number of carbonyl (C=O) groups is 2. The summed E-state index contributed by atoms with van der Waals surface area (Å²) in [6.07, 6.45) is 1.84. The lowest BCUT2D eigenvalue weighted by atomic mass is 10.0. The third kappa shape index (κ3) is 7.78. The number of hydrogen-bond donors (Lipinski definition) is 1. The Morgan fingerprint density at radius 3 is 2.66 bits per heavy atom. The fourth-order valence-electron chi connectivity index (χ4n) is 4.71. The van der Waals surface area contributed by atoms with Gasteiger partial charge in [-0.05, 0) is 37.5 Å². The second kappa shape index (κ2) is 13.1. The summed E-state index contributed by atoms with van der Waals surface area (Å²) in [6, 6.07) is 8.22. The molecule has 12 heteroatoms. The number of imidazole rings is 1. The Labute approximate surface area is 235 Å². The summed E-state index contributed by atoms with van der Waals surface area (Å²) in [5.41, 5.74) is 9.61. The Kier molecular flexibility index (Phi) is 9.53. The van der Waals surface area contributed by atoms with Crippen LogP contribution in [0, 0.1) is 0 Å². The van der Waals surface area contributed by atoms with Crippen LogP contribution in [-0.4, -0.2) is 75.9 Å². The van der Waals surface area contributed by atoms with E-state index in [-0.39, 0.29) is 18.4 Å². The third-order valence-corrected chi connectivity index (χ3v) is 7.07. The van der Waals surface area contributed by atoms with Crippen LogP contribution in [0.25, 0.3) is 22.5 Å². The summed E-state index contributed by atoms with van der Waals surface area (Å²) in [7, 11) is 1.68. The van der Waals surface area contributed by atoms with E-state index < -0.39 is 30.8 Å². The number of hydrogen-bond acceptors (Lipinski definition) is 7. The normalized spacial score (nSPS) is 16.0. The molecule has 1 fully saturated rings. The van der Waals surface area contributed by atoms with E-state index in [9.17, 15) is 22.8 Å². The molecule has 3 heterocycles.